The van der Waals surface area contributed by atoms with Crippen molar-refractivity contribution in [2.24, 2.45) is 5.92 Å². The summed E-state index contributed by atoms with van der Waals surface area (Å²) < 4.78 is 5.90. The van der Waals surface area contributed by atoms with Crippen molar-refractivity contribution < 1.29 is 4.74 Å². The second-order valence-electron chi connectivity index (χ2n) is 6.72. The molecule has 2 heterocycles. The summed E-state index contributed by atoms with van der Waals surface area (Å²) in [5.74, 6) is 0.805. The molecule has 0 aromatic heterocycles. The summed E-state index contributed by atoms with van der Waals surface area (Å²) in [4.78, 5) is 2.62. The van der Waals surface area contributed by atoms with E-state index in [1.165, 1.54) is 32.1 Å². The Balaban J connectivity index is 1.90. The zero-order chi connectivity index (χ0) is 13.8. The minimum atomic E-state index is 0.342. The molecule has 3 atom stereocenters. The first-order chi connectivity index (χ1) is 9.11. The summed E-state index contributed by atoms with van der Waals surface area (Å²) >= 11 is 0. The van der Waals surface area contributed by atoms with Crippen molar-refractivity contribution >= 4 is 0 Å². The quantitative estimate of drug-likeness (QED) is 0.768. The molecule has 0 saturated carbocycles. The van der Waals surface area contributed by atoms with Crippen LogP contribution in [0.2, 0.25) is 0 Å². The first-order valence-electron chi connectivity index (χ1n) is 8.18. The highest BCUT2D eigenvalue weighted by molar-refractivity contribution is 4.96. The lowest BCUT2D eigenvalue weighted by molar-refractivity contribution is 0.0282. The molecule has 3 unspecified atom stereocenters. The predicted octanol–water partition coefficient (Wildman–Crippen LogP) is 2.65. The molecule has 112 valence electrons. The van der Waals surface area contributed by atoms with E-state index in [1.54, 1.807) is 0 Å². The Morgan fingerprint density at radius 1 is 1.21 bits per heavy atom. The van der Waals surface area contributed by atoms with Crippen LogP contribution in [-0.2, 0) is 4.74 Å². The smallest absolute Gasteiger partial charge is 0.0625 e. The van der Waals surface area contributed by atoms with E-state index in [-0.39, 0.29) is 0 Å². The van der Waals surface area contributed by atoms with Crippen LogP contribution in [0.15, 0.2) is 0 Å². The van der Waals surface area contributed by atoms with Crippen molar-refractivity contribution in [3.8, 4) is 0 Å². The maximum Gasteiger partial charge on any atom is 0.0625 e. The van der Waals surface area contributed by atoms with Gasteiger partial charge in [-0.05, 0) is 65.5 Å². The standard InChI is InChI=1S/C16H32N2O/c1-5-8-17-16(11-19-12(2)3)13-9-14-6-7-15(10-13)18(14)4/h12-17H,5-11H2,1-4H3. The fourth-order valence-corrected chi connectivity index (χ4v) is 3.77. The number of fused-ring (bicyclic) bond motifs is 2. The van der Waals surface area contributed by atoms with Crippen LogP contribution >= 0.6 is 0 Å². The summed E-state index contributed by atoms with van der Waals surface area (Å²) in [5, 5.41) is 3.73. The van der Waals surface area contributed by atoms with Crippen molar-refractivity contribution in [1.29, 1.82) is 0 Å². The van der Waals surface area contributed by atoms with Crippen LogP contribution in [0.4, 0.5) is 0 Å². The molecule has 2 fully saturated rings. The van der Waals surface area contributed by atoms with Crippen molar-refractivity contribution in [2.45, 2.75) is 77.1 Å². The van der Waals surface area contributed by atoms with Crippen LogP contribution in [0.3, 0.4) is 0 Å². The maximum absolute atomic E-state index is 5.90. The Kier molecular flexibility index (Phi) is 5.67. The van der Waals surface area contributed by atoms with Crippen LogP contribution in [0.5, 0.6) is 0 Å². The third-order valence-electron chi connectivity index (χ3n) is 4.97. The molecule has 0 aromatic carbocycles. The predicted molar refractivity (Wildman–Crippen MR) is 80.5 cm³/mol. The van der Waals surface area contributed by atoms with E-state index in [0.29, 0.717) is 12.1 Å². The van der Waals surface area contributed by atoms with E-state index >= 15 is 0 Å². The van der Waals surface area contributed by atoms with Gasteiger partial charge in [0.15, 0.2) is 0 Å². The molecule has 0 spiro atoms. The number of hydrogen-bond acceptors (Lipinski definition) is 3. The molecule has 0 radical (unpaired) electrons. The van der Waals surface area contributed by atoms with Crippen LogP contribution in [0.1, 0.15) is 52.9 Å². The van der Waals surface area contributed by atoms with Crippen molar-refractivity contribution in [1.82, 2.24) is 10.2 Å². The molecule has 0 amide bonds. The minimum absolute atomic E-state index is 0.342. The lowest BCUT2D eigenvalue weighted by Gasteiger charge is -2.40. The average molecular weight is 268 g/mol. The Bertz CT molecular complexity index is 255. The molecular weight excluding hydrogens is 236 g/mol. The fourth-order valence-electron chi connectivity index (χ4n) is 3.77. The number of nitrogens with zero attached hydrogens (tertiary/aromatic N) is 1. The van der Waals surface area contributed by atoms with Gasteiger partial charge in [-0.3, -0.25) is 0 Å². The number of piperidine rings is 1. The summed E-state index contributed by atoms with van der Waals surface area (Å²) in [6, 6.07) is 2.21. The average Bonchev–Trinajstić information content (AvgIpc) is 2.62. The Morgan fingerprint density at radius 2 is 1.84 bits per heavy atom. The van der Waals surface area contributed by atoms with E-state index in [4.69, 9.17) is 4.74 Å². The molecule has 1 N–H and O–H groups in total. The summed E-state index contributed by atoms with van der Waals surface area (Å²) in [5.41, 5.74) is 0. The van der Waals surface area contributed by atoms with Gasteiger partial charge in [0.1, 0.15) is 0 Å². The van der Waals surface area contributed by atoms with Gasteiger partial charge in [-0.15, -0.1) is 0 Å². The number of ether oxygens (including phenoxy) is 1. The number of hydrogen-bond donors (Lipinski definition) is 1. The highest BCUT2D eigenvalue weighted by atomic mass is 16.5. The molecule has 2 aliphatic rings. The zero-order valence-corrected chi connectivity index (χ0v) is 13.2. The van der Waals surface area contributed by atoms with Gasteiger partial charge in [-0.1, -0.05) is 6.92 Å². The Morgan fingerprint density at radius 3 is 2.37 bits per heavy atom. The van der Waals surface area contributed by atoms with Crippen molar-refractivity contribution in [3.63, 3.8) is 0 Å². The molecule has 2 aliphatic heterocycles. The van der Waals surface area contributed by atoms with Gasteiger partial charge < -0.3 is 15.0 Å². The largest absolute Gasteiger partial charge is 0.377 e. The second-order valence-corrected chi connectivity index (χ2v) is 6.72. The Hall–Kier alpha value is -0.120. The van der Waals surface area contributed by atoms with Crippen LogP contribution < -0.4 is 5.32 Å². The monoisotopic (exact) mass is 268 g/mol. The van der Waals surface area contributed by atoms with Gasteiger partial charge in [-0.25, -0.2) is 0 Å². The number of nitrogens with one attached hydrogen (secondary N) is 1. The van der Waals surface area contributed by atoms with E-state index < -0.39 is 0 Å². The third-order valence-corrected chi connectivity index (χ3v) is 4.97. The topological polar surface area (TPSA) is 24.5 Å². The van der Waals surface area contributed by atoms with Gasteiger partial charge in [0, 0.05) is 18.1 Å². The molecule has 3 nitrogen and oxygen atoms in total. The van der Waals surface area contributed by atoms with Crippen molar-refractivity contribution in [3.05, 3.63) is 0 Å². The van der Waals surface area contributed by atoms with Gasteiger partial charge in [0.25, 0.3) is 0 Å². The van der Waals surface area contributed by atoms with Crippen LogP contribution in [0.25, 0.3) is 0 Å². The Labute approximate surface area is 119 Å². The van der Waals surface area contributed by atoms with E-state index in [9.17, 15) is 0 Å². The molecule has 2 saturated heterocycles. The van der Waals surface area contributed by atoms with Gasteiger partial charge >= 0.3 is 0 Å². The van der Waals surface area contributed by atoms with E-state index in [2.05, 4.69) is 38.0 Å². The first kappa shape index (κ1) is 15.3. The molecule has 19 heavy (non-hydrogen) atoms. The maximum atomic E-state index is 5.90. The highest BCUT2D eigenvalue weighted by Gasteiger charge is 2.40. The third kappa shape index (κ3) is 3.93. The van der Waals surface area contributed by atoms with Gasteiger partial charge in [0.2, 0.25) is 0 Å². The first-order valence-corrected chi connectivity index (χ1v) is 8.18. The normalized spacial score (nSPS) is 33.0. The lowest BCUT2D eigenvalue weighted by Crippen LogP contribution is -2.49. The molecule has 2 rings (SSSR count). The minimum Gasteiger partial charge on any atom is -0.377 e. The number of rotatable bonds is 7. The zero-order valence-electron chi connectivity index (χ0n) is 13.2. The van der Waals surface area contributed by atoms with Crippen LogP contribution in [-0.4, -0.2) is 49.3 Å². The summed E-state index contributed by atoms with van der Waals surface area (Å²) in [6.45, 7) is 8.51. The molecule has 2 bridgehead atoms. The molecular formula is C16H32N2O. The van der Waals surface area contributed by atoms with Crippen LogP contribution in [0, 0.1) is 5.92 Å². The lowest BCUT2D eigenvalue weighted by atomic mass is 9.85. The second kappa shape index (κ2) is 7.05. The van der Waals surface area contributed by atoms with Gasteiger partial charge in [-0.2, -0.15) is 0 Å². The van der Waals surface area contributed by atoms with E-state index in [1.807, 2.05) is 0 Å². The molecule has 3 heteroatoms. The van der Waals surface area contributed by atoms with E-state index in [0.717, 1.165) is 31.2 Å². The van der Waals surface area contributed by atoms with Crippen molar-refractivity contribution in [2.75, 3.05) is 20.2 Å². The molecule has 0 aromatic rings. The van der Waals surface area contributed by atoms with Gasteiger partial charge in [0.05, 0.1) is 12.7 Å². The highest BCUT2D eigenvalue weighted by Crippen LogP contribution is 2.38. The molecule has 0 aliphatic carbocycles. The fraction of sp³-hybridized carbons (Fsp3) is 1.00. The SMILES string of the molecule is CCCNC(COC(C)C)C1CC2CCC(C1)N2C. The summed E-state index contributed by atoms with van der Waals surface area (Å²) in [7, 11) is 2.32. The summed E-state index contributed by atoms with van der Waals surface area (Å²) in [6.07, 6.45) is 7.07.